The molecule has 5 aliphatic rings. The molecule has 1 aromatic rings. The standard InChI is InChI=1S/C21H19F3N2O3/c1-10-2-4-11(5-3-10)25(20(29)21(22,23)24)9-26-18(27)16-12-6-7-13(15-8-14(12)15)17(16)19(26)28/h2-7,12-17H,8-9H2,1H3. The molecule has 0 radical (unpaired) electrons. The van der Waals surface area contributed by atoms with Crippen LogP contribution in [0.25, 0.3) is 0 Å². The third-order valence-corrected chi connectivity index (χ3v) is 6.87. The lowest BCUT2D eigenvalue weighted by Gasteiger charge is -2.37. The van der Waals surface area contributed by atoms with Crippen molar-refractivity contribution in [3.63, 3.8) is 0 Å². The van der Waals surface area contributed by atoms with Crippen LogP contribution in [0.15, 0.2) is 36.4 Å². The summed E-state index contributed by atoms with van der Waals surface area (Å²) in [4.78, 5) is 39.5. The van der Waals surface area contributed by atoms with Gasteiger partial charge in [0, 0.05) is 5.69 Å². The molecule has 4 aliphatic carbocycles. The van der Waals surface area contributed by atoms with Crippen LogP contribution in [0, 0.1) is 42.4 Å². The van der Waals surface area contributed by atoms with E-state index in [9.17, 15) is 27.6 Å². The number of hydrogen-bond acceptors (Lipinski definition) is 3. The summed E-state index contributed by atoms with van der Waals surface area (Å²) in [5.41, 5.74) is 0.812. The molecule has 2 saturated carbocycles. The number of imide groups is 1. The summed E-state index contributed by atoms with van der Waals surface area (Å²) in [5, 5.41) is 0. The number of hydrogen-bond donors (Lipinski definition) is 0. The van der Waals surface area contributed by atoms with Gasteiger partial charge in [0.15, 0.2) is 0 Å². The molecule has 1 aromatic carbocycles. The monoisotopic (exact) mass is 404 g/mol. The summed E-state index contributed by atoms with van der Waals surface area (Å²) >= 11 is 0. The van der Waals surface area contributed by atoms with Crippen molar-refractivity contribution in [3.8, 4) is 0 Å². The van der Waals surface area contributed by atoms with Gasteiger partial charge in [-0.15, -0.1) is 0 Å². The van der Waals surface area contributed by atoms with E-state index in [-0.39, 0.29) is 17.5 Å². The first-order valence-corrected chi connectivity index (χ1v) is 9.67. The molecule has 6 atom stereocenters. The zero-order valence-electron chi connectivity index (χ0n) is 15.6. The van der Waals surface area contributed by atoms with Gasteiger partial charge in [-0.2, -0.15) is 13.2 Å². The summed E-state index contributed by atoms with van der Waals surface area (Å²) in [6, 6.07) is 5.93. The molecule has 6 unspecified atom stereocenters. The summed E-state index contributed by atoms with van der Waals surface area (Å²) < 4.78 is 39.7. The molecule has 0 N–H and O–H groups in total. The van der Waals surface area contributed by atoms with Crippen LogP contribution in [0.4, 0.5) is 18.9 Å². The van der Waals surface area contributed by atoms with Crippen molar-refractivity contribution in [2.45, 2.75) is 19.5 Å². The zero-order valence-corrected chi connectivity index (χ0v) is 15.6. The maximum Gasteiger partial charge on any atom is 0.471 e. The molecule has 1 aliphatic heterocycles. The Morgan fingerprint density at radius 2 is 1.55 bits per heavy atom. The quantitative estimate of drug-likeness (QED) is 0.575. The Kier molecular flexibility index (Phi) is 3.76. The van der Waals surface area contributed by atoms with Gasteiger partial charge in [-0.1, -0.05) is 29.8 Å². The van der Waals surface area contributed by atoms with Crippen LogP contribution >= 0.6 is 0 Å². The minimum absolute atomic E-state index is 0.00246. The second kappa shape index (κ2) is 5.93. The van der Waals surface area contributed by atoms with E-state index in [0.717, 1.165) is 16.9 Å². The first kappa shape index (κ1) is 18.4. The highest BCUT2D eigenvalue weighted by atomic mass is 19.4. The van der Waals surface area contributed by atoms with Gasteiger partial charge in [0.1, 0.15) is 6.67 Å². The van der Waals surface area contributed by atoms with Crippen LogP contribution in [-0.4, -0.2) is 35.5 Å². The highest BCUT2D eigenvalue weighted by Gasteiger charge is 2.67. The van der Waals surface area contributed by atoms with Crippen LogP contribution in [0.3, 0.4) is 0 Å². The zero-order chi connectivity index (χ0) is 20.7. The summed E-state index contributed by atoms with van der Waals surface area (Å²) in [5.74, 6) is -3.30. The maximum atomic E-state index is 13.2. The van der Waals surface area contributed by atoms with E-state index in [0.29, 0.717) is 16.7 Å². The summed E-state index contributed by atoms with van der Waals surface area (Å²) in [7, 11) is 0. The Hall–Kier alpha value is -2.64. The number of nitrogens with zero attached hydrogens (tertiary/aromatic N) is 2. The number of rotatable bonds is 3. The number of carbonyl (C=O) groups is 3. The number of amides is 3. The predicted octanol–water partition coefficient (Wildman–Crippen LogP) is 2.90. The topological polar surface area (TPSA) is 57.7 Å². The SMILES string of the molecule is Cc1ccc(N(CN2C(=O)C3C4C=CC(C5CC45)C3C2=O)C(=O)C(F)(F)F)cc1. The molecule has 0 aromatic heterocycles. The highest BCUT2D eigenvalue weighted by molar-refractivity contribution is 6.07. The smallest absolute Gasteiger partial charge is 0.286 e. The summed E-state index contributed by atoms with van der Waals surface area (Å²) in [6.07, 6.45) is -0.135. The maximum absolute atomic E-state index is 13.2. The van der Waals surface area contributed by atoms with Crippen LogP contribution in [-0.2, 0) is 14.4 Å². The number of carbonyl (C=O) groups excluding carboxylic acids is 3. The number of aryl methyl sites for hydroxylation is 1. The molecule has 1 heterocycles. The molecule has 8 heteroatoms. The lowest BCUT2D eigenvalue weighted by Crippen LogP contribution is -2.49. The molecule has 1 saturated heterocycles. The number of alkyl halides is 3. The van der Waals surface area contributed by atoms with Crippen molar-refractivity contribution in [1.29, 1.82) is 0 Å². The second-order valence-corrected chi connectivity index (χ2v) is 8.47. The van der Waals surface area contributed by atoms with Gasteiger partial charge < -0.3 is 0 Å². The Labute approximate surface area is 165 Å². The second-order valence-electron chi connectivity index (χ2n) is 8.47. The van der Waals surface area contributed by atoms with Crippen molar-refractivity contribution in [3.05, 3.63) is 42.0 Å². The van der Waals surface area contributed by atoms with E-state index in [1.54, 1.807) is 19.1 Å². The van der Waals surface area contributed by atoms with Gasteiger partial charge in [0.2, 0.25) is 11.8 Å². The molecule has 0 spiro atoms. The number of anilines is 1. The van der Waals surface area contributed by atoms with Crippen LogP contribution in [0.2, 0.25) is 0 Å². The lowest BCUT2D eigenvalue weighted by atomic mass is 9.63. The number of likely N-dealkylation sites (tertiary alicyclic amines) is 1. The van der Waals surface area contributed by atoms with Crippen molar-refractivity contribution in [2.75, 3.05) is 11.6 Å². The summed E-state index contributed by atoms with van der Waals surface area (Å²) in [6.45, 7) is 1.05. The molecular formula is C21H19F3N2O3. The van der Waals surface area contributed by atoms with Crippen molar-refractivity contribution >= 4 is 23.4 Å². The normalized spacial score (nSPS) is 34.3. The fraction of sp³-hybridized carbons (Fsp3) is 0.476. The van der Waals surface area contributed by atoms with Crippen LogP contribution < -0.4 is 4.90 Å². The van der Waals surface area contributed by atoms with Crippen molar-refractivity contribution in [2.24, 2.45) is 35.5 Å². The molecule has 6 rings (SSSR count). The molecule has 5 nitrogen and oxygen atoms in total. The number of halogens is 3. The van der Waals surface area contributed by atoms with Gasteiger partial charge in [-0.25, -0.2) is 0 Å². The van der Waals surface area contributed by atoms with Gasteiger partial charge in [0.25, 0.3) is 0 Å². The average molecular weight is 404 g/mol. The fourth-order valence-corrected chi connectivity index (χ4v) is 5.44. The van der Waals surface area contributed by atoms with Gasteiger partial charge >= 0.3 is 12.1 Å². The minimum atomic E-state index is -5.12. The molecule has 3 amide bonds. The molecule has 2 bridgehead atoms. The largest absolute Gasteiger partial charge is 0.471 e. The van der Waals surface area contributed by atoms with Gasteiger partial charge in [-0.3, -0.25) is 24.2 Å². The van der Waals surface area contributed by atoms with Gasteiger partial charge in [-0.05, 0) is 49.1 Å². The Balaban J connectivity index is 1.46. The fourth-order valence-electron chi connectivity index (χ4n) is 5.44. The van der Waals surface area contributed by atoms with Gasteiger partial charge in [0.05, 0.1) is 11.8 Å². The molecule has 29 heavy (non-hydrogen) atoms. The first-order chi connectivity index (χ1) is 13.7. The first-order valence-electron chi connectivity index (χ1n) is 9.67. The minimum Gasteiger partial charge on any atom is -0.286 e. The molecular weight excluding hydrogens is 385 g/mol. The molecule has 3 fully saturated rings. The average Bonchev–Trinajstić information content (AvgIpc) is 3.46. The third kappa shape index (κ3) is 2.64. The van der Waals surface area contributed by atoms with Crippen molar-refractivity contribution in [1.82, 2.24) is 4.90 Å². The van der Waals surface area contributed by atoms with E-state index < -0.39 is 42.4 Å². The highest BCUT2D eigenvalue weighted by Crippen LogP contribution is 2.65. The molecule has 152 valence electrons. The number of benzene rings is 1. The van der Waals surface area contributed by atoms with E-state index in [1.807, 2.05) is 12.2 Å². The Bertz CT molecular complexity index is 903. The van der Waals surface area contributed by atoms with E-state index in [4.69, 9.17) is 0 Å². The van der Waals surface area contributed by atoms with E-state index in [1.165, 1.54) is 12.1 Å². The van der Waals surface area contributed by atoms with Crippen LogP contribution in [0.5, 0.6) is 0 Å². The Morgan fingerprint density at radius 1 is 1.03 bits per heavy atom. The third-order valence-electron chi connectivity index (χ3n) is 6.87. The van der Waals surface area contributed by atoms with Crippen LogP contribution in [0.1, 0.15) is 12.0 Å². The van der Waals surface area contributed by atoms with E-state index in [2.05, 4.69) is 0 Å². The Morgan fingerprint density at radius 3 is 2.03 bits per heavy atom. The lowest BCUT2D eigenvalue weighted by molar-refractivity contribution is -0.171. The van der Waals surface area contributed by atoms with E-state index >= 15 is 0 Å². The number of allylic oxidation sites excluding steroid dienone is 2. The predicted molar refractivity (Wildman–Crippen MR) is 96.1 cm³/mol. The van der Waals surface area contributed by atoms with Crippen molar-refractivity contribution < 1.29 is 27.6 Å².